The summed E-state index contributed by atoms with van der Waals surface area (Å²) in [6.45, 7) is 3.03. The van der Waals surface area contributed by atoms with Crippen molar-refractivity contribution in [1.82, 2.24) is 4.31 Å². The summed E-state index contributed by atoms with van der Waals surface area (Å²) in [5.41, 5.74) is 0.913. The number of anilines is 1. The Balaban J connectivity index is 1.43. The number of amides is 1. The second kappa shape index (κ2) is 9.74. The quantitative estimate of drug-likeness (QED) is 0.562. The van der Waals surface area contributed by atoms with Crippen molar-refractivity contribution in [3.63, 3.8) is 0 Å². The third-order valence-corrected chi connectivity index (χ3v) is 7.15. The highest BCUT2D eigenvalue weighted by molar-refractivity contribution is 7.89. The van der Waals surface area contributed by atoms with Gasteiger partial charge >= 0.3 is 0 Å². The molecule has 1 aromatic heterocycles. The van der Waals surface area contributed by atoms with Crippen molar-refractivity contribution in [3.05, 3.63) is 77.5 Å². The maximum atomic E-state index is 13.0. The molecule has 4 rings (SSSR count). The Morgan fingerprint density at radius 2 is 1.82 bits per heavy atom. The van der Waals surface area contributed by atoms with Crippen LogP contribution in [0.2, 0.25) is 0 Å². The molecular weight excluding hydrogens is 451 g/mol. The number of hydrogen-bond donors (Lipinski definition) is 1. The van der Waals surface area contributed by atoms with Crippen molar-refractivity contribution < 1.29 is 31.5 Å². The minimum absolute atomic E-state index is 0.0471. The lowest BCUT2D eigenvalue weighted by molar-refractivity contribution is 0.0730. The first-order valence-corrected chi connectivity index (χ1v) is 11.7. The highest BCUT2D eigenvalue weighted by atomic mass is 32.2. The van der Waals surface area contributed by atoms with E-state index in [4.69, 9.17) is 13.9 Å². The topological polar surface area (TPSA) is 98.1 Å². The zero-order chi connectivity index (χ0) is 23.4. The molecule has 1 saturated heterocycles. The van der Waals surface area contributed by atoms with Crippen LogP contribution in [0.1, 0.15) is 21.9 Å². The maximum absolute atomic E-state index is 13.0. The van der Waals surface area contributed by atoms with E-state index in [1.54, 1.807) is 25.1 Å². The second-order valence-corrected chi connectivity index (χ2v) is 9.37. The molecule has 10 heteroatoms. The minimum Gasteiger partial charge on any atom is -0.486 e. The molecule has 8 nitrogen and oxygen atoms in total. The Labute approximate surface area is 191 Å². The van der Waals surface area contributed by atoms with Gasteiger partial charge in [0.2, 0.25) is 10.0 Å². The number of ether oxygens (including phenoxy) is 2. The molecule has 0 spiro atoms. The summed E-state index contributed by atoms with van der Waals surface area (Å²) < 4.78 is 56.7. The van der Waals surface area contributed by atoms with Crippen LogP contribution in [-0.2, 0) is 21.4 Å². The first kappa shape index (κ1) is 23.0. The predicted octanol–water partition coefficient (Wildman–Crippen LogP) is 3.58. The van der Waals surface area contributed by atoms with Crippen LogP contribution in [0.3, 0.4) is 0 Å². The molecule has 0 atom stereocenters. The van der Waals surface area contributed by atoms with Crippen molar-refractivity contribution in [3.8, 4) is 5.75 Å². The molecule has 1 N–H and O–H groups in total. The zero-order valence-corrected chi connectivity index (χ0v) is 18.7. The van der Waals surface area contributed by atoms with Crippen LogP contribution in [0.15, 0.2) is 63.9 Å². The van der Waals surface area contributed by atoms with Gasteiger partial charge in [-0.05, 0) is 61.0 Å². The van der Waals surface area contributed by atoms with E-state index >= 15 is 0 Å². The fourth-order valence-corrected chi connectivity index (χ4v) is 5.00. The van der Waals surface area contributed by atoms with Gasteiger partial charge in [-0.1, -0.05) is 6.07 Å². The third-order valence-electron chi connectivity index (χ3n) is 5.11. The highest BCUT2D eigenvalue weighted by Crippen LogP contribution is 2.25. The lowest BCUT2D eigenvalue weighted by Crippen LogP contribution is -2.40. The largest absolute Gasteiger partial charge is 0.486 e. The molecule has 3 aromatic rings. The summed E-state index contributed by atoms with van der Waals surface area (Å²) in [5.74, 6) is 0.0280. The van der Waals surface area contributed by atoms with Crippen molar-refractivity contribution >= 4 is 21.6 Å². The highest BCUT2D eigenvalue weighted by Gasteiger charge is 2.28. The van der Waals surface area contributed by atoms with E-state index in [1.807, 2.05) is 0 Å². The number of hydrogen-bond acceptors (Lipinski definition) is 6. The molecular formula is C23H23FN2O6S. The van der Waals surface area contributed by atoms with Gasteiger partial charge in [-0.15, -0.1) is 0 Å². The summed E-state index contributed by atoms with van der Waals surface area (Å²) in [6.07, 6.45) is 0. The molecule has 0 saturated carbocycles. The van der Waals surface area contributed by atoms with Gasteiger partial charge in [-0.3, -0.25) is 4.79 Å². The van der Waals surface area contributed by atoms with E-state index in [0.717, 1.165) is 0 Å². The number of carbonyl (C=O) groups excluding carboxylic acids is 1. The standard InChI is InChI=1S/C23H23FN2O6S/c1-16-2-5-18(14-22(16)33(28,29)26-10-12-30-13-11-26)25-23(27)21-9-8-20(32-21)15-31-19-6-3-17(24)4-7-19/h2-9,14H,10-13,15H2,1H3,(H,25,27). The Morgan fingerprint density at radius 3 is 2.55 bits per heavy atom. The molecule has 1 aliphatic heterocycles. The number of rotatable bonds is 7. The average molecular weight is 475 g/mol. The van der Waals surface area contributed by atoms with E-state index in [1.165, 1.54) is 40.7 Å². The summed E-state index contributed by atoms with van der Waals surface area (Å²) >= 11 is 0. The lowest BCUT2D eigenvalue weighted by Gasteiger charge is -2.26. The summed E-state index contributed by atoms with van der Waals surface area (Å²) in [7, 11) is -3.71. The van der Waals surface area contributed by atoms with Gasteiger partial charge in [0.15, 0.2) is 5.76 Å². The second-order valence-electron chi connectivity index (χ2n) is 7.46. The Kier molecular flexibility index (Phi) is 6.77. The molecule has 1 amide bonds. The number of benzene rings is 2. The van der Waals surface area contributed by atoms with E-state index in [2.05, 4.69) is 5.32 Å². The fourth-order valence-electron chi connectivity index (χ4n) is 3.34. The zero-order valence-electron chi connectivity index (χ0n) is 17.9. The van der Waals surface area contributed by atoms with Crippen molar-refractivity contribution in [2.45, 2.75) is 18.4 Å². The number of nitrogens with one attached hydrogen (secondary N) is 1. The van der Waals surface area contributed by atoms with Crippen molar-refractivity contribution in [2.24, 2.45) is 0 Å². The van der Waals surface area contributed by atoms with Gasteiger partial charge < -0.3 is 19.2 Å². The van der Waals surface area contributed by atoms with Crippen LogP contribution in [-0.4, -0.2) is 44.9 Å². The summed E-state index contributed by atoms with van der Waals surface area (Å²) in [6, 6.07) is 13.4. The van der Waals surface area contributed by atoms with Crippen LogP contribution in [0.25, 0.3) is 0 Å². The third kappa shape index (κ3) is 5.41. The summed E-state index contributed by atoms with van der Waals surface area (Å²) in [5, 5.41) is 2.67. The van der Waals surface area contributed by atoms with Gasteiger partial charge in [0.05, 0.1) is 18.1 Å². The molecule has 0 aliphatic carbocycles. The Bertz CT molecular complexity index is 1230. The molecule has 1 aliphatic rings. The Morgan fingerprint density at radius 1 is 1.09 bits per heavy atom. The smallest absolute Gasteiger partial charge is 0.291 e. The molecule has 0 bridgehead atoms. The van der Waals surface area contributed by atoms with Crippen molar-refractivity contribution in [2.75, 3.05) is 31.6 Å². The minimum atomic E-state index is -3.71. The van der Waals surface area contributed by atoms with Crippen LogP contribution >= 0.6 is 0 Å². The normalized spacial score (nSPS) is 14.7. The van der Waals surface area contributed by atoms with Gasteiger partial charge in [0.25, 0.3) is 5.91 Å². The van der Waals surface area contributed by atoms with Crippen molar-refractivity contribution in [1.29, 1.82) is 0 Å². The first-order chi connectivity index (χ1) is 15.8. The van der Waals surface area contributed by atoms with E-state index in [0.29, 0.717) is 36.0 Å². The Hall–Kier alpha value is -3.21. The van der Waals surface area contributed by atoms with Gasteiger partial charge in [0, 0.05) is 18.8 Å². The van der Waals surface area contributed by atoms with Gasteiger partial charge in [-0.25, -0.2) is 12.8 Å². The van der Waals surface area contributed by atoms with Crippen LogP contribution in [0, 0.1) is 12.7 Å². The molecule has 2 aromatic carbocycles. The molecule has 0 unspecified atom stereocenters. The fraction of sp³-hybridized carbons (Fsp3) is 0.261. The molecule has 2 heterocycles. The van der Waals surface area contributed by atoms with E-state index < -0.39 is 15.9 Å². The number of morpholine rings is 1. The number of aryl methyl sites for hydroxylation is 1. The molecule has 174 valence electrons. The monoisotopic (exact) mass is 474 g/mol. The van der Waals surface area contributed by atoms with E-state index in [9.17, 15) is 17.6 Å². The lowest BCUT2D eigenvalue weighted by atomic mass is 10.2. The van der Waals surface area contributed by atoms with Gasteiger partial charge in [-0.2, -0.15) is 4.31 Å². The molecule has 1 fully saturated rings. The first-order valence-electron chi connectivity index (χ1n) is 10.3. The maximum Gasteiger partial charge on any atom is 0.291 e. The molecule has 0 radical (unpaired) electrons. The predicted molar refractivity (Wildman–Crippen MR) is 118 cm³/mol. The number of furan rings is 1. The van der Waals surface area contributed by atoms with E-state index in [-0.39, 0.29) is 36.2 Å². The number of nitrogens with zero attached hydrogens (tertiary/aromatic N) is 1. The number of sulfonamides is 1. The van der Waals surface area contributed by atoms with Crippen LogP contribution < -0.4 is 10.1 Å². The summed E-state index contributed by atoms with van der Waals surface area (Å²) in [4.78, 5) is 12.8. The SMILES string of the molecule is Cc1ccc(NC(=O)c2ccc(COc3ccc(F)cc3)o2)cc1S(=O)(=O)N1CCOCC1. The average Bonchev–Trinajstić information content (AvgIpc) is 3.30. The van der Waals surface area contributed by atoms with Crippen LogP contribution in [0.5, 0.6) is 5.75 Å². The molecule has 33 heavy (non-hydrogen) atoms. The van der Waals surface area contributed by atoms with Gasteiger partial charge in [0.1, 0.15) is 23.9 Å². The number of halogens is 1. The van der Waals surface area contributed by atoms with Crippen LogP contribution in [0.4, 0.5) is 10.1 Å². The number of carbonyl (C=O) groups is 1.